The third kappa shape index (κ3) is 5.49. The molecule has 0 unspecified atom stereocenters. The molecule has 0 atom stereocenters. The van der Waals surface area contributed by atoms with Crippen molar-refractivity contribution >= 4 is 5.91 Å². The highest BCUT2D eigenvalue weighted by atomic mass is 16.1. The number of aromatic nitrogens is 2. The molecule has 0 fully saturated rings. The fourth-order valence-corrected chi connectivity index (χ4v) is 1.63. The zero-order valence-electron chi connectivity index (χ0n) is 10.6. The van der Waals surface area contributed by atoms with E-state index in [0.29, 0.717) is 19.5 Å². The molecule has 1 heterocycles. The van der Waals surface area contributed by atoms with Crippen molar-refractivity contribution in [3.05, 3.63) is 18.0 Å². The molecule has 96 valence electrons. The van der Waals surface area contributed by atoms with Gasteiger partial charge < -0.3 is 11.1 Å². The lowest BCUT2D eigenvalue weighted by Crippen LogP contribution is -2.25. The number of carbonyl (C=O) groups is 1. The van der Waals surface area contributed by atoms with Crippen molar-refractivity contribution in [2.75, 3.05) is 6.54 Å². The number of amides is 1. The van der Waals surface area contributed by atoms with Gasteiger partial charge in [-0.05, 0) is 24.8 Å². The van der Waals surface area contributed by atoms with Crippen LogP contribution >= 0.6 is 0 Å². The topological polar surface area (TPSA) is 83.8 Å². The molecule has 0 saturated heterocycles. The number of aromatic amines is 1. The molecule has 0 aliphatic carbocycles. The first-order valence-electron chi connectivity index (χ1n) is 5.98. The van der Waals surface area contributed by atoms with Crippen LogP contribution in [0.15, 0.2) is 12.4 Å². The third-order valence-corrected chi connectivity index (χ3v) is 2.89. The molecule has 5 heteroatoms. The number of H-pyrrole nitrogens is 1. The van der Waals surface area contributed by atoms with Crippen LogP contribution in [0.3, 0.4) is 0 Å². The maximum atomic E-state index is 11.6. The van der Waals surface area contributed by atoms with E-state index in [1.807, 2.05) is 0 Å². The minimum Gasteiger partial charge on any atom is -0.352 e. The van der Waals surface area contributed by atoms with Crippen molar-refractivity contribution in [1.29, 1.82) is 0 Å². The molecule has 1 aromatic heterocycles. The van der Waals surface area contributed by atoms with Crippen molar-refractivity contribution in [1.82, 2.24) is 15.5 Å². The van der Waals surface area contributed by atoms with Gasteiger partial charge in [0, 0.05) is 24.7 Å². The molecule has 0 radical (unpaired) electrons. The van der Waals surface area contributed by atoms with Gasteiger partial charge in [0.1, 0.15) is 0 Å². The van der Waals surface area contributed by atoms with Gasteiger partial charge >= 0.3 is 0 Å². The molecule has 0 aliphatic heterocycles. The summed E-state index contributed by atoms with van der Waals surface area (Å²) in [6, 6.07) is 0. The lowest BCUT2D eigenvalue weighted by atomic mass is 9.84. The summed E-state index contributed by atoms with van der Waals surface area (Å²) in [7, 11) is 0. The van der Waals surface area contributed by atoms with E-state index in [4.69, 9.17) is 5.73 Å². The van der Waals surface area contributed by atoms with Crippen LogP contribution in [-0.2, 0) is 11.3 Å². The lowest BCUT2D eigenvalue weighted by Gasteiger charge is -2.23. The second-order valence-electron chi connectivity index (χ2n) is 5.09. The second kappa shape index (κ2) is 6.39. The van der Waals surface area contributed by atoms with Crippen LogP contribution in [0.2, 0.25) is 0 Å². The first-order valence-corrected chi connectivity index (χ1v) is 5.98. The standard InChI is InChI=1S/C12H22N4O/c1-12(2,5-6-13)4-3-11(17)14-7-10-8-15-16-9-10/h8-9H,3-7,13H2,1-2H3,(H,14,17)(H,15,16). The van der Waals surface area contributed by atoms with Crippen LogP contribution < -0.4 is 11.1 Å². The van der Waals surface area contributed by atoms with E-state index in [1.54, 1.807) is 12.4 Å². The summed E-state index contributed by atoms with van der Waals surface area (Å²) < 4.78 is 0. The van der Waals surface area contributed by atoms with Gasteiger partial charge in [0.15, 0.2) is 0 Å². The van der Waals surface area contributed by atoms with Gasteiger partial charge in [0.05, 0.1) is 6.20 Å². The SMILES string of the molecule is CC(C)(CCN)CCC(=O)NCc1cn[nH]c1. The normalized spacial score (nSPS) is 11.5. The van der Waals surface area contributed by atoms with Gasteiger partial charge in [-0.25, -0.2) is 0 Å². The van der Waals surface area contributed by atoms with Crippen molar-refractivity contribution in [2.24, 2.45) is 11.1 Å². The van der Waals surface area contributed by atoms with Gasteiger partial charge in [0.2, 0.25) is 5.91 Å². The molecular formula is C12H22N4O. The van der Waals surface area contributed by atoms with Crippen molar-refractivity contribution < 1.29 is 4.79 Å². The number of hydrogen-bond acceptors (Lipinski definition) is 3. The van der Waals surface area contributed by atoms with Gasteiger partial charge in [-0.2, -0.15) is 5.10 Å². The number of hydrogen-bond donors (Lipinski definition) is 3. The Morgan fingerprint density at radius 3 is 2.88 bits per heavy atom. The fraction of sp³-hybridized carbons (Fsp3) is 0.667. The van der Waals surface area contributed by atoms with Crippen LogP contribution in [-0.4, -0.2) is 22.6 Å². The zero-order chi connectivity index (χ0) is 12.7. The largest absolute Gasteiger partial charge is 0.352 e. The maximum absolute atomic E-state index is 11.6. The molecule has 17 heavy (non-hydrogen) atoms. The number of nitrogens with one attached hydrogen (secondary N) is 2. The Morgan fingerprint density at radius 2 is 2.29 bits per heavy atom. The van der Waals surface area contributed by atoms with Crippen molar-refractivity contribution in [3.63, 3.8) is 0 Å². The van der Waals surface area contributed by atoms with E-state index in [-0.39, 0.29) is 11.3 Å². The molecule has 1 rings (SSSR count). The molecule has 5 nitrogen and oxygen atoms in total. The first kappa shape index (κ1) is 13.7. The second-order valence-corrected chi connectivity index (χ2v) is 5.09. The molecular weight excluding hydrogens is 216 g/mol. The fourth-order valence-electron chi connectivity index (χ4n) is 1.63. The highest BCUT2D eigenvalue weighted by Crippen LogP contribution is 2.25. The molecule has 0 aromatic carbocycles. The Labute approximate surface area is 102 Å². The summed E-state index contributed by atoms with van der Waals surface area (Å²) in [6.07, 6.45) is 5.84. The number of carbonyl (C=O) groups excluding carboxylic acids is 1. The van der Waals surface area contributed by atoms with Gasteiger partial charge in [0.25, 0.3) is 0 Å². The average Bonchev–Trinajstić information content (AvgIpc) is 2.76. The highest BCUT2D eigenvalue weighted by Gasteiger charge is 2.18. The van der Waals surface area contributed by atoms with Crippen LogP contribution in [0.1, 0.15) is 38.7 Å². The maximum Gasteiger partial charge on any atom is 0.220 e. The summed E-state index contributed by atoms with van der Waals surface area (Å²) in [5, 5.41) is 9.40. The highest BCUT2D eigenvalue weighted by molar-refractivity contribution is 5.75. The summed E-state index contributed by atoms with van der Waals surface area (Å²) in [5.41, 5.74) is 6.66. The predicted octanol–water partition coefficient (Wildman–Crippen LogP) is 1.18. The Hall–Kier alpha value is -1.36. The van der Waals surface area contributed by atoms with E-state index in [1.165, 1.54) is 0 Å². The molecule has 0 aliphatic rings. The molecule has 1 aromatic rings. The van der Waals surface area contributed by atoms with Crippen molar-refractivity contribution in [3.8, 4) is 0 Å². The summed E-state index contributed by atoms with van der Waals surface area (Å²) in [5.74, 6) is 0.0799. The molecule has 0 saturated carbocycles. The summed E-state index contributed by atoms with van der Waals surface area (Å²) in [6.45, 7) is 5.49. The van der Waals surface area contributed by atoms with Gasteiger partial charge in [-0.3, -0.25) is 9.89 Å². The Kier molecular flexibility index (Phi) is 5.15. The lowest BCUT2D eigenvalue weighted by molar-refractivity contribution is -0.121. The van der Waals surface area contributed by atoms with Crippen molar-refractivity contribution in [2.45, 2.75) is 39.7 Å². The van der Waals surface area contributed by atoms with E-state index < -0.39 is 0 Å². The first-order chi connectivity index (χ1) is 8.03. The smallest absolute Gasteiger partial charge is 0.220 e. The number of nitrogens with zero attached hydrogens (tertiary/aromatic N) is 1. The molecule has 0 spiro atoms. The Bertz CT molecular complexity index is 332. The van der Waals surface area contributed by atoms with Crippen LogP contribution in [0.5, 0.6) is 0 Å². The number of rotatable bonds is 7. The zero-order valence-corrected chi connectivity index (χ0v) is 10.6. The Morgan fingerprint density at radius 1 is 1.53 bits per heavy atom. The molecule has 4 N–H and O–H groups in total. The molecule has 1 amide bonds. The van der Waals surface area contributed by atoms with Gasteiger partial charge in [-0.15, -0.1) is 0 Å². The quantitative estimate of drug-likeness (QED) is 0.667. The van der Waals surface area contributed by atoms with E-state index in [0.717, 1.165) is 18.4 Å². The number of nitrogens with two attached hydrogens (primary N) is 1. The molecule has 0 bridgehead atoms. The predicted molar refractivity (Wildman–Crippen MR) is 67.1 cm³/mol. The Balaban J connectivity index is 2.21. The van der Waals surface area contributed by atoms with Crippen LogP contribution in [0.4, 0.5) is 0 Å². The van der Waals surface area contributed by atoms with Gasteiger partial charge in [-0.1, -0.05) is 13.8 Å². The van der Waals surface area contributed by atoms with Crippen LogP contribution in [0.25, 0.3) is 0 Å². The summed E-state index contributed by atoms with van der Waals surface area (Å²) in [4.78, 5) is 11.6. The third-order valence-electron chi connectivity index (χ3n) is 2.89. The minimum atomic E-state index is 0.0799. The average molecular weight is 238 g/mol. The van der Waals surface area contributed by atoms with E-state index in [2.05, 4.69) is 29.4 Å². The van der Waals surface area contributed by atoms with E-state index in [9.17, 15) is 4.79 Å². The summed E-state index contributed by atoms with van der Waals surface area (Å²) >= 11 is 0. The van der Waals surface area contributed by atoms with E-state index >= 15 is 0 Å². The van der Waals surface area contributed by atoms with Crippen LogP contribution in [0, 0.1) is 5.41 Å². The minimum absolute atomic E-state index is 0.0799. The monoisotopic (exact) mass is 238 g/mol.